The number of nitrogens with zero attached hydrogens (tertiary/aromatic N) is 2. The Bertz CT molecular complexity index is 663. The Morgan fingerprint density at radius 3 is 2.70 bits per heavy atom. The fourth-order valence-corrected chi connectivity index (χ4v) is 2.24. The lowest BCUT2D eigenvalue weighted by Crippen LogP contribution is -2.36. The Labute approximate surface area is 117 Å². The molecule has 0 bridgehead atoms. The van der Waals surface area contributed by atoms with Crippen LogP contribution in [-0.2, 0) is 18.3 Å². The molecule has 0 fully saturated rings. The third-order valence-corrected chi connectivity index (χ3v) is 4.22. The molecule has 0 spiro atoms. The molecule has 1 aromatic carbocycles. The van der Waals surface area contributed by atoms with E-state index < -0.39 is 11.4 Å². The summed E-state index contributed by atoms with van der Waals surface area (Å²) in [6, 6.07) is 4.41. The molecule has 0 aliphatic carbocycles. The quantitative estimate of drug-likeness (QED) is 0.935. The van der Waals surface area contributed by atoms with Gasteiger partial charge in [-0.3, -0.25) is 4.79 Å². The smallest absolute Gasteiger partial charge is 0.310 e. The van der Waals surface area contributed by atoms with E-state index in [0.717, 1.165) is 5.52 Å². The van der Waals surface area contributed by atoms with Gasteiger partial charge in [-0.15, -0.1) is 0 Å². The van der Waals surface area contributed by atoms with Gasteiger partial charge in [0.2, 0.25) is 0 Å². The van der Waals surface area contributed by atoms with Gasteiger partial charge in [0.15, 0.2) is 0 Å². The Kier molecular flexibility index (Phi) is 3.54. The van der Waals surface area contributed by atoms with Crippen LogP contribution in [0.2, 0.25) is 0 Å². The monoisotopic (exact) mass is 278 g/mol. The van der Waals surface area contributed by atoms with Gasteiger partial charge in [0, 0.05) is 19.5 Å². The Morgan fingerprint density at radius 2 is 2.15 bits per heavy atom. The molecule has 5 heteroatoms. The van der Waals surface area contributed by atoms with E-state index >= 15 is 0 Å². The molecule has 1 N–H and O–H groups in total. The molecule has 2 rings (SSSR count). The lowest BCUT2D eigenvalue weighted by molar-refractivity contribution is -0.150. The molecule has 0 saturated heterocycles. The normalized spacial score (nSPS) is 14.7. The Morgan fingerprint density at radius 1 is 1.50 bits per heavy atom. The van der Waals surface area contributed by atoms with Gasteiger partial charge < -0.3 is 9.67 Å². The number of halogens is 1. The second-order valence-corrected chi connectivity index (χ2v) is 5.77. The number of aryl methyl sites for hydroxylation is 1. The number of carboxylic acids is 1. The van der Waals surface area contributed by atoms with Crippen molar-refractivity contribution in [3.8, 4) is 0 Å². The van der Waals surface area contributed by atoms with Crippen molar-refractivity contribution in [1.82, 2.24) is 9.55 Å². The third-order valence-electron chi connectivity index (χ3n) is 4.22. The largest absolute Gasteiger partial charge is 0.481 e. The van der Waals surface area contributed by atoms with Gasteiger partial charge in [0.05, 0.1) is 16.4 Å². The molecule has 1 aromatic heterocycles. The molecule has 0 aliphatic rings. The van der Waals surface area contributed by atoms with Crippen LogP contribution in [0.1, 0.15) is 26.6 Å². The van der Waals surface area contributed by atoms with Crippen LogP contribution >= 0.6 is 0 Å². The SMILES string of the molecule is CC(C)C(C)(Cc1nc2cc(F)ccc2n1C)C(=O)O. The van der Waals surface area contributed by atoms with Crippen molar-refractivity contribution in [3.63, 3.8) is 0 Å². The van der Waals surface area contributed by atoms with E-state index in [2.05, 4.69) is 4.98 Å². The molecular formula is C15H19FN2O2. The highest BCUT2D eigenvalue weighted by Gasteiger charge is 2.38. The van der Waals surface area contributed by atoms with E-state index in [-0.39, 0.29) is 11.7 Å². The maximum Gasteiger partial charge on any atom is 0.310 e. The zero-order valence-corrected chi connectivity index (χ0v) is 12.1. The minimum absolute atomic E-state index is 0.0310. The summed E-state index contributed by atoms with van der Waals surface area (Å²) in [4.78, 5) is 15.9. The Balaban J connectivity index is 2.48. The predicted octanol–water partition coefficient (Wildman–Crippen LogP) is 3.00. The number of rotatable bonds is 4. The van der Waals surface area contributed by atoms with E-state index in [1.165, 1.54) is 12.1 Å². The molecule has 1 heterocycles. The average molecular weight is 278 g/mol. The highest BCUT2D eigenvalue weighted by molar-refractivity contribution is 5.77. The van der Waals surface area contributed by atoms with E-state index in [1.807, 2.05) is 25.5 Å². The minimum atomic E-state index is -0.895. The van der Waals surface area contributed by atoms with Crippen LogP contribution in [0.15, 0.2) is 18.2 Å². The molecule has 0 aliphatic heterocycles. The van der Waals surface area contributed by atoms with Crippen LogP contribution in [0.25, 0.3) is 11.0 Å². The lowest BCUT2D eigenvalue weighted by Gasteiger charge is -2.28. The first-order chi connectivity index (χ1) is 9.25. The van der Waals surface area contributed by atoms with E-state index in [4.69, 9.17) is 0 Å². The summed E-state index contributed by atoms with van der Waals surface area (Å²) in [5, 5.41) is 9.48. The van der Waals surface area contributed by atoms with Crippen LogP contribution in [0, 0.1) is 17.2 Å². The summed E-state index contributed by atoms with van der Waals surface area (Å²) < 4.78 is 15.1. The maximum absolute atomic E-state index is 13.2. The second kappa shape index (κ2) is 4.89. The number of aliphatic carboxylic acids is 1. The molecule has 2 aromatic rings. The maximum atomic E-state index is 13.2. The van der Waals surface area contributed by atoms with Gasteiger partial charge in [-0.2, -0.15) is 0 Å². The van der Waals surface area contributed by atoms with Gasteiger partial charge in [-0.1, -0.05) is 13.8 Å². The first kappa shape index (κ1) is 14.5. The second-order valence-electron chi connectivity index (χ2n) is 5.77. The van der Waals surface area contributed by atoms with Crippen LogP contribution in [-0.4, -0.2) is 20.6 Å². The van der Waals surface area contributed by atoms with Crippen LogP contribution in [0.3, 0.4) is 0 Å². The number of carboxylic acid groups (broad SMARTS) is 1. The fourth-order valence-electron chi connectivity index (χ4n) is 2.24. The fraction of sp³-hybridized carbons (Fsp3) is 0.467. The van der Waals surface area contributed by atoms with Gasteiger partial charge in [0.25, 0.3) is 0 Å². The van der Waals surface area contributed by atoms with Gasteiger partial charge in [0.1, 0.15) is 11.6 Å². The molecule has 4 nitrogen and oxygen atoms in total. The lowest BCUT2D eigenvalue weighted by atomic mass is 9.76. The predicted molar refractivity (Wildman–Crippen MR) is 75.0 cm³/mol. The molecule has 1 atom stereocenters. The number of hydrogen-bond donors (Lipinski definition) is 1. The molecule has 0 radical (unpaired) electrons. The Hall–Kier alpha value is -1.91. The number of hydrogen-bond acceptors (Lipinski definition) is 2. The van der Waals surface area contributed by atoms with Crippen molar-refractivity contribution in [2.75, 3.05) is 0 Å². The van der Waals surface area contributed by atoms with Crippen molar-refractivity contribution < 1.29 is 14.3 Å². The van der Waals surface area contributed by atoms with E-state index in [9.17, 15) is 14.3 Å². The molecule has 0 amide bonds. The summed E-state index contributed by atoms with van der Waals surface area (Å²) in [7, 11) is 1.82. The summed E-state index contributed by atoms with van der Waals surface area (Å²) >= 11 is 0. The molecule has 20 heavy (non-hydrogen) atoms. The first-order valence-corrected chi connectivity index (χ1v) is 6.60. The molecule has 108 valence electrons. The average Bonchev–Trinajstić information content (AvgIpc) is 2.65. The summed E-state index contributed by atoms with van der Waals surface area (Å²) in [5.41, 5.74) is 0.463. The highest BCUT2D eigenvalue weighted by Crippen LogP contribution is 2.32. The summed E-state index contributed by atoms with van der Waals surface area (Å²) in [6.45, 7) is 5.49. The number of benzene rings is 1. The van der Waals surface area contributed by atoms with Crippen molar-refractivity contribution in [1.29, 1.82) is 0 Å². The van der Waals surface area contributed by atoms with Gasteiger partial charge >= 0.3 is 5.97 Å². The van der Waals surface area contributed by atoms with Gasteiger partial charge in [-0.05, 0) is 25.0 Å². The summed E-state index contributed by atoms with van der Waals surface area (Å²) in [5.74, 6) is -0.557. The molecule has 1 unspecified atom stereocenters. The van der Waals surface area contributed by atoms with Crippen LogP contribution in [0.4, 0.5) is 4.39 Å². The van der Waals surface area contributed by atoms with Crippen LogP contribution in [0.5, 0.6) is 0 Å². The molecular weight excluding hydrogens is 259 g/mol. The standard InChI is InChI=1S/C15H19FN2O2/c1-9(2)15(3,14(19)20)8-13-17-11-7-10(16)5-6-12(11)18(13)4/h5-7,9H,8H2,1-4H3,(H,19,20). The highest BCUT2D eigenvalue weighted by atomic mass is 19.1. The van der Waals surface area contributed by atoms with Crippen molar-refractivity contribution >= 4 is 17.0 Å². The zero-order chi connectivity index (χ0) is 15.1. The topological polar surface area (TPSA) is 55.1 Å². The van der Waals surface area contributed by atoms with E-state index in [1.54, 1.807) is 13.0 Å². The summed E-state index contributed by atoms with van der Waals surface area (Å²) in [6.07, 6.45) is 0.312. The van der Waals surface area contributed by atoms with Gasteiger partial charge in [-0.25, -0.2) is 9.37 Å². The third kappa shape index (κ3) is 2.28. The minimum Gasteiger partial charge on any atom is -0.481 e. The van der Waals surface area contributed by atoms with E-state index in [0.29, 0.717) is 17.8 Å². The van der Waals surface area contributed by atoms with Crippen molar-refractivity contribution in [3.05, 3.63) is 29.8 Å². The van der Waals surface area contributed by atoms with Crippen molar-refractivity contribution in [2.45, 2.75) is 27.2 Å². The number of aromatic nitrogens is 2. The number of imidazole rings is 1. The number of carbonyl (C=O) groups is 1. The van der Waals surface area contributed by atoms with Crippen LogP contribution < -0.4 is 0 Å². The zero-order valence-electron chi connectivity index (χ0n) is 12.1. The molecule has 0 saturated carbocycles. The first-order valence-electron chi connectivity index (χ1n) is 6.60. The number of fused-ring (bicyclic) bond motifs is 1. The van der Waals surface area contributed by atoms with Crippen molar-refractivity contribution in [2.24, 2.45) is 18.4 Å².